The van der Waals surface area contributed by atoms with Crippen LogP contribution in [0.2, 0.25) is 0 Å². The summed E-state index contributed by atoms with van der Waals surface area (Å²) >= 11 is 0. The smallest absolute Gasteiger partial charge is 0.407 e. The number of hydrogen-bond acceptors (Lipinski definition) is 10. The van der Waals surface area contributed by atoms with Crippen LogP contribution in [0, 0.1) is 17.1 Å². The molecule has 4 N–H and O–H groups in total. The molecular formula is C31H33FN8O7. The summed E-state index contributed by atoms with van der Waals surface area (Å²) in [6.07, 6.45) is 2.00. The number of aromatic nitrogens is 5. The molecule has 15 nitrogen and oxygen atoms in total. The molecule has 0 aliphatic heterocycles. The Morgan fingerprint density at radius 3 is 2.53 bits per heavy atom. The van der Waals surface area contributed by atoms with E-state index in [1.54, 1.807) is 32.9 Å². The number of nitriles is 1. The number of rotatable bonds is 12. The number of anilines is 1. The van der Waals surface area contributed by atoms with Gasteiger partial charge in [0.1, 0.15) is 17.5 Å². The van der Waals surface area contributed by atoms with Gasteiger partial charge < -0.3 is 34.5 Å². The number of halogens is 1. The molecule has 0 bridgehead atoms. The average Bonchev–Trinajstić information content (AvgIpc) is 3.61. The maximum atomic E-state index is 15.7. The summed E-state index contributed by atoms with van der Waals surface area (Å²) in [6, 6.07) is 7.93. The largest absolute Gasteiger partial charge is 0.493 e. The minimum atomic E-state index is -1.36. The van der Waals surface area contributed by atoms with Gasteiger partial charge in [-0.15, -0.1) is 11.7 Å². The van der Waals surface area contributed by atoms with E-state index in [9.17, 15) is 24.8 Å². The van der Waals surface area contributed by atoms with Crippen molar-refractivity contribution in [1.82, 2.24) is 29.6 Å². The zero-order valence-electron chi connectivity index (χ0n) is 26.3. The highest BCUT2D eigenvalue weighted by Crippen LogP contribution is 2.35. The van der Waals surface area contributed by atoms with Crippen LogP contribution < -0.4 is 25.8 Å². The molecule has 47 heavy (non-hydrogen) atoms. The number of allylic oxidation sites excluding steroid dienone is 1. The first-order valence-electron chi connectivity index (χ1n) is 14.1. The van der Waals surface area contributed by atoms with Crippen LogP contribution in [0.25, 0.3) is 5.82 Å². The first kappa shape index (κ1) is 33.8. The maximum Gasteiger partial charge on any atom is 0.407 e. The van der Waals surface area contributed by atoms with Crippen LogP contribution in [0.15, 0.2) is 54.1 Å². The predicted octanol–water partition coefficient (Wildman–Crippen LogP) is 3.90. The Balaban J connectivity index is 1.82. The second kappa shape index (κ2) is 13.9. The second-order valence-corrected chi connectivity index (χ2v) is 11.0. The summed E-state index contributed by atoms with van der Waals surface area (Å²) in [5, 5.41) is 29.6. The normalized spacial score (nSPS) is 11.7. The van der Waals surface area contributed by atoms with E-state index < -0.39 is 35.2 Å². The molecule has 0 saturated carbocycles. The van der Waals surface area contributed by atoms with E-state index in [2.05, 4.69) is 38.3 Å². The number of aromatic carboxylic acids is 1. The first-order valence-corrected chi connectivity index (χ1v) is 14.1. The van der Waals surface area contributed by atoms with E-state index in [0.29, 0.717) is 11.3 Å². The summed E-state index contributed by atoms with van der Waals surface area (Å²) < 4.78 is 33.6. The highest BCUT2D eigenvalue weighted by atomic mass is 19.1. The van der Waals surface area contributed by atoms with Gasteiger partial charge in [0.2, 0.25) is 0 Å². The van der Waals surface area contributed by atoms with Crippen LogP contribution in [-0.2, 0) is 17.8 Å². The molecule has 1 atom stereocenters. The number of aromatic amines is 1. The molecule has 0 saturated heterocycles. The monoisotopic (exact) mass is 648 g/mol. The van der Waals surface area contributed by atoms with E-state index in [0.717, 1.165) is 10.7 Å². The fraction of sp³-hybridized carbons (Fsp3) is 0.290. The number of imidazole rings is 1. The van der Waals surface area contributed by atoms with Crippen molar-refractivity contribution in [3.05, 3.63) is 93.8 Å². The average molecular weight is 649 g/mol. The van der Waals surface area contributed by atoms with Gasteiger partial charge in [0.15, 0.2) is 28.8 Å². The number of alkyl carbamates (subject to hydrolysis) is 1. The Kier molecular flexibility index (Phi) is 9.99. The Bertz CT molecular complexity index is 1920. The van der Waals surface area contributed by atoms with Crippen LogP contribution >= 0.6 is 0 Å². The third-order valence-corrected chi connectivity index (χ3v) is 6.63. The quantitative estimate of drug-likeness (QED) is 0.163. The highest BCUT2D eigenvalue weighted by molar-refractivity contribution is 5.89. The molecule has 2 aromatic heterocycles. The minimum Gasteiger partial charge on any atom is -0.493 e. The van der Waals surface area contributed by atoms with Gasteiger partial charge in [0.25, 0.3) is 0 Å². The van der Waals surface area contributed by atoms with Crippen molar-refractivity contribution in [1.29, 1.82) is 5.26 Å². The standard InChI is InChI=1S/C31H33FN8O7/c1-7-10-39-16-35-27(25(39)28(41)42)40-29(43)37-26(38-40)24(20-12-22(45-5)23(46-6)13-21(20)32)36-19-9-8-17(14-33)18(11-19)15-34-30(44)47-31(2,3)4/h7-9,11-13,16,24,36H,1,10,15H2,2-6H3,(H,34,44)(H,41,42)(H,37,38,43). The van der Waals surface area contributed by atoms with E-state index >= 15 is 4.39 Å². The fourth-order valence-corrected chi connectivity index (χ4v) is 4.61. The highest BCUT2D eigenvalue weighted by Gasteiger charge is 2.28. The van der Waals surface area contributed by atoms with Crippen LogP contribution in [-0.4, -0.2) is 61.3 Å². The molecule has 4 aromatic rings. The minimum absolute atomic E-state index is 0.0306. The number of carboxylic acids is 1. The lowest BCUT2D eigenvalue weighted by Gasteiger charge is -2.21. The predicted molar refractivity (Wildman–Crippen MR) is 166 cm³/mol. The van der Waals surface area contributed by atoms with E-state index in [4.69, 9.17) is 14.2 Å². The van der Waals surface area contributed by atoms with E-state index in [1.807, 2.05) is 0 Å². The van der Waals surface area contributed by atoms with Crippen LogP contribution in [0.3, 0.4) is 0 Å². The Hall–Kier alpha value is -6.11. The Morgan fingerprint density at radius 1 is 1.21 bits per heavy atom. The van der Waals surface area contributed by atoms with Crippen molar-refractivity contribution in [3.63, 3.8) is 0 Å². The molecule has 1 amide bonds. The van der Waals surface area contributed by atoms with Crippen molar-refractivity contribution in [2.75, 3.05) is 19.5 Å². The number of methoxy groups -OCH3 is 2. The Labute approximate surface area is 268 Å². The first-order chi connectivity index (χ1) is 22.3. The number of carbonyl (C=O) groups is 2. The molecule has 0 aliphatic carbocycles. The topological polar surface area (TPSA) is 198 Å². The second-order valence-electron chi connectivity index (χ2n) is 11.0. The molecule has 0 aliphatic rings. The van der Waals surface area contributed by atoms with Gasteiger partial charge in [-0.2, -0.15) is 9.94 Å². The number of amides is 1. The number of hydrogen-bond donors (Lipinski definition) is 4. The third kappa shape index (κ3) is 7.59. The summed E-state index contributed by atoms with van der Waals surface area (Å²) in [4.78, 5) is 44.2. The molecule has 4 rings (SSSR count). The zero-order chi connectivity index (χ0) is 34.5. The van der Waals surface area contributed by atoms with Crippen molar-refractivity contribution in [3.8, 4) is 23.4 Å². The van der Waals surface area contributed by atoms with E-state index in [-0.39, 0.29) is 53.1 Å². The van der Waals surface area contributed by atoms with Gasteiger partial charge in [-0.1, -0.05) is 6.08 Å². The van der Waals surface area contributed by atoms with Crippen LogP contribution in [0.4, 0.5) is 14.9 Å². The summed E-state index contributed by atoms with van der Waals surface area (Å²) in [5.74, 6) is -2.21. The van der Waals surface area contributed by atoms with Crippen LogP contribution in [0.1, 0.15) is 59.8 Å². The van der Waals surface area contributed by atoms with Crippen molar-refractivity contribution in [2.45, 2.75) is 45.5 Å². The van der Waals surface area contributed by atoms with Gasteiger partial charge in [0.05, 0.1) is 32.2 Å². The molecular weight excluding hydrogens is 615 g/mol. The third-order valence-electron chi connectivity index (χ3n) is 6.63. The van der Waals surface area contributed by atoms with Gasteiger partial charge in [-0.25, -0.2) is 23.8 Å². The van der Waals surface area contributed by atoms with Crippen molar-refractivity contribution in [2.24, 2.45) is 0 Å². The molecule has 0 spiro atoms. The molecule has 0 radical (unpaired) electrons. The van der Waals surface area contributed by atoms with Gasteiger partial charge in [0, 0.05) is 30.4 Å². The summed E-state index contributed by atoms with van der Waals surface area (Å²) in [7, 11) is 2.72. The number of H-pyrrole nitrogens is 1. The van der Waals surface area contributed by atoms with Crippen molar-refractivity contribution < 1.29 is 33.3 Å². The molecule has 16 heteroatoms. The number of ether oxygens (including phenoxy) is 3. The number of nitrogens with zero attached hydrogens (tertiary/aromatic N) is 5. The Morgan fingerprint density at radius 2 is 1.91 bits per heavy atom. The van der Waals surface area contributed by atoms with E-state index in [1.165, 1.54) is 43.3 Å². The summed E-state index contributed by atoms with van der Waals surface area (Å²) in [5.41, 5.74) is -0.917. The fourth-order valence-electron chi connectivity index (χ4n) is 4.61. The lowest BCUT2D eigenvalue weighted by molar-refractivity contribution is 0.0522. The number of carboxylic acid groups (broad SMARTS) is 1. The molecule has 2 heterocycles. The lowest BCUT2D eigenvalue weighted by Crippen LogP contribution is -2.32. The number of benzene rings is 2. The van der Waals surface area contributed by atoms with Crippen LogP contribution in [0.5, 0.6) is 11.5 Å². The zero-order valence-corrected chi connectivity index (χ0v) is 26.3. The summed E-state index contributed by atoms with van der Waals surface area (Å²) in [6.45, 7) is 8.78. The molecule has 0 fully saturated rings. The molecule has 246 valence electrons. The number of carbonyl (C=O) groups excluding carboxylic acids is 1. The number of nitrogens with one attached hydrogen (secondary N) is 3. The van der Waals surface area contributed by atoms with Gasteiger partial charge in [-0.05, 0) is 50.6 Å². The SMILES string of the molecule is C=CCn1cnc(-n2nc(C(Nc3ccc(C#N)c(CNC(=O)OC(C)(C)C)c3)c3cc(OC)c(OC)cc3F)[nH]c2=O)c1C(=O)O. The van der Waals surface area contributed by atoms with Gasteiger partial charge in [-0.3, -0.25) is 4.98 Å². The van der Waals surface area contributed by atoms with Gasteiger partial charge >= 0.3 is 17.8 Å². The molecule has 1 unspecified atom stereocenters. The van der Waals surface area contributed by atoms with Crippen molar-refractivity contribution >= 4 is 17.7 Å². The maximum absolute atomic E-state index is 15.7. The lowest BCUT2D eigenvalue weighted by atomic mass is 10.0. The molecule has 2 aromatic carbocycles.